The summed E-state index contributed by atoms with van der Waals surface area (Å²) in [5, 5.41) is 5.16. The number of nitrogens with zero attached hydrogens (tertiary/aromatic N) is 1. The lowest BCUT2D eigenvalue weighted by Crippen LogP contribution is -2.43. The molecule has 4 N–H and O–H groups in total. The molecule has 22 heavy (non-hydrogen) atoms. The summed E-state index contributed by atoms with van der Waals surface area (Å²) < 4.78 is 4.81. The van der Waals surface area contributed by atoms with Gasteiger partial charge in [0.15, 0.2) is 0 Å². The largest absolute Gasteiger partial charge is 0.449 e. The van der Waals surface area contributed by atoms with Crippen molar-refractivity contribution in [2.75, 3.05) is 30.3 Å². The number of amides is 4. The van der Waals surface area contributed by atoms with Gasteiger partial charge >= 0.3 is 12.1 Å². The Morgan fingerprint density at radius 1 is 1.23 bits per heavy atom. The maximum Gasteiger partial charge on any atom is 0.418 e. The lowest BCUT2D eigenvalue weighted by molar-refractivity contribution is -0.114. The van der Waals surface area contributed by atoms with Gasteiger partial charge in [0, 0.05) is 31.4 Å². The van der Waals surface area contributed by atoms with E-state index in [4.69, 9.17) is 10.5 Å². The molecule has 0 aromatic heterocycles. The van der Waals surface area contributed by atoms with Crippen molar-refractivity contribution in [1.82, 2.24) is 4.90 Å². The summed E-state index contributed by atoms with van der Waals surface area (Å²) in [6, 6.07) is 5.91. The summed E-state index contributed by atoms with van der Waals surface area (Å²) in [6.45, 7) is 3.35. The maximum absolute atomic E-state index is 12.1. The number of anilines is 2. The Morgan fingerprint density at radius 3 is 2.41 bits per heavy atom. The Labute approximate surface area is 128 Å². The second kappa shape index (κ2) is 8.63. The van der Waals surface area contributed by atoms with Crippen LogP contribution in [0.5, 0.6) is 0 Å². The number of nitrogens with one attached hydrogen (secondary N) is 2. The van der Waals surface area contributed by atoms with Crippen molar-refractivity contribution in [3.8, 4) is 0 Å². The highest BCUT2D eigenvalue weighted by Gasteiger charge is 2.22. The van der Waals surface area contributed by atoms with E-state index in [0.29, 0.717) is 11.4 Å². The first-order valence-corrected chi connectivity index (χ1v) is 6.81. The first kappa shape index (κ1) is 17.4. The van der Waals surface area contributed by atoms with Gasteiger partial charge in [0.25, 0.3) is 0 Å². The van der Waals surface area contributed by atoms with Crippen LogP contribution in [0.25, 0.3) is 0 Å². The zero-order chi connectivity index (χ0) is 16.5. The van der Waals surface area contributed by atoms with Gasteiger partial charge in [0.1, 0.15) is 0 Å². The average molecular weight is 308 g/mol. The van der Waals surface area contributed by atoms with Gasteiger partial charge in [-0.05, 0) is 25.1 Å². The minimum atomic E-state index is -0.761. The van der Waals surface area contributed by atoms with Crippen molar-refractivity contribution in [2.24, 2.45) is 5.73 Å². The lowest BCUT2D eigenvalue weighted by atomic mass is 10.2. The Bertz CT molecular complexity index is 547. The molecule has 8 nitrogen and oxygen atoms in total. The summed E-state index contributed by atoms with van der Waals surface area (Å²) in [6.07, 6.45) is -0.761. The van der Waals surface area contributed by atoms with E-state index in [9.17, 15) is 14.4 Å². The zero-order valence-corrected chi connectivity index (χ0v) is 12.6. The Balaban J connectivity index is 2.80. The van der Waals surface area contributed by atoms with Gasteiger partial charge < -0.3 is 21.1 Å². The van der Waals surface area contributed by atoms with E-state index >= 15 is 0 Å². The summed E-state index contributed by atoms with van der Waals surface area (Å²) in [7, 11) is 0. The van der Waals surface area contributed by atoms with Crippen LogP contribution in [-0.2, 0) is 9.53 Å². The third-order valence-electron chi connectivity index (χ3n) is 2.52. The van der Waals surface area contributed by atoms with E-state index in [1.807, 2.05) is 0 Å². The van der Waals surface area contributed by atoms with E-state index in [1.165, 1.54) is 6.92 Å². The molecule has 0 fully saturated rings. The Hall–Kier alpha value is -2.61. The average Bonchev–Trinajstić information content (AvgIpc) is 2.44. The summed E-state index contributed by atoms with van der Waals surface area (Å²) in [4.78, 5) is 35.7. The van der Waals surface area contributed by atoms with Gasteiger partial charge in [-0.3, -0.25) is 4.79 Å². The quantitative estimate of drug-likeness (QED) is 0.764. The van der Waals surface area contributed by atoms with Crippen LogP contribution in [0, 0.1) is 0 Å². The summed E-state index contributed by atoms with van der Waals surface area (Å²) in [5.74, 6) is -0.222. The van der Waals surface area contributed by atoms with Crippen LogP contribution in [-0.4, -0.2) is 42.6 Å². The molecule has 0 aliphatic rings. The molecule has 1 aromatic carbocycles. The first-order valence-electron chi connectivity index (χ1n) is 6.81. The molecule has 0 saturated heterocycles. The number of carbonyl (C=O) groups is 3. The number of carbonyl (C=O) groups excluding carboxylic acids is 3. The molecule has 0 atom stereocenters. The minimum absolute atomic E-state index is 0.0378. The zero-order valence-electron chi connectivity index (χ0n) is 12.6. The topological polar surface area (TPSA) is 114 Å². The van der Waals surface area contributed by atoms with Crippen LogP contribution >= 0.6 is 0 Å². The molecule has 0 saturated carbocycles. The van der Waals surface area contributed by atoms with Crippen molar-refractivity contribution in [2.45, 2.75) is 13.8 Å². The molecule has 0 radical (unpaired) electrons. The molecule has 0 spiro atoms. The standard InChI is InChI=1S/C14H20N4O4/c1-3-22-14(21)18(8-7-15)13(20)17-12-6-4-5-11(9-12)16-10(2)19/h4-6,9H,3,7-8,15H2,1-2H3,(H,16,19)(H,17,20). The fourth-order valence-electron chi connectivity index (χ4n) is 1.68. The monoisotopic (exact) mass is 308 g/mol. The van der Waals surface area contributed by atoms with Crippen molar-refractivity contribution in [3.05, 3.63) is 24.3 Å². The third kappa shape index (κ3) is 5.41. The van der Waals surface area contributed by atoms with Crippen molar-refractivity contribution < 1.29 is 19.1 Å². The number of hydrogen-bond acceptors (Lipinski definition) is 5. The predicted molar refractivity (Wildman–Crippen MR) is 82.5 cm³/mol. The molecular weight excluding hydrogens is 288 g/mol. The number of ether oxygens (including phenoxy) is 1. The van der Waals surface area contributed by atoms with Gasteiger partial charge in [-0.1, -0.05) is 6.07 Å². The van der Waals surface area contributed by atoms with Gasteiger partial charge in [0.05, 0.1) is 6.61 Å². The van der Waals surface area contributed by atoms with Crippen LogP contribution in [0.15, 0.2) is 24.3 Å². The molecule has 0 unspecified atom stereocenters. The van der Waals surface area contributed by atoms with E-state index in [1.54, 1.807) is 31.2 Å². The van der Waals surface area contributed by atoms with Crippen molar-refractivity contribution >= 4 is 29.4 Å². The van der Waals surface area contributed by atoms with Crippen molar-refractivity contribution in [1.29, 1.82) is 0 Å². The number of urea groups is 1. The van der Waals surface area contributed by atoms with Crippen LogP contribution < -0.4 is 16.4 Å². The van der Waals surface area contributed by atoms with Gasteiger partial charge in [-0.15, -0.1) is 0 Å². The number of nitrogens with two attached hydrogens (primary N) is 1. The first-order chi connectivity index (χ1) is 10.5. The molecule has 1 rings (SSSR count). The van der Waals surface area contributed by atoms with Gasteiger partial charge in [-0.25, -0.2) is 14.5 Å². The second-order valence-corrected chi connectivity index (χ2v) is 4.33. The molecule has 0 bridgehead atoms. The van der Waals surface area contributed by atoms with Gasteiger partial charge in [-0.2, -0.15) is 0 Å². The summed E-state index contributed by atoms with van der Waals surface area (Å²) >= 11 is 0. The Morgan fingerprint density at radius 2 is 1.86 bits per heavy atom. The molecule has 8 heteroatoms. The normalized spacial score (nSPS) is 9.77. The number of rotatable bonds is 5. The van der Waals surface area contributed by atoms with E-state index < -0.39 is 12.1 Å². The van der Waals surface area contributed by atoms with Crippen LogP contribution in [0.2, 0.25) is 0 Å². The second-order valence-electron chi connectivity index (χ2n) is 4.33. The number of imide groups is 1. The highest BCUT2D eigenvalue weighted by Crippen LogP contribution is 2.15. The van der Waals surface area contributed by atoms with Crippen LogP contribution in [0.3, 0.4) is 0 Å². The van der Waals surface area contributed by atoms with Crippen LogP contribution in [0.4, 0.5) is 21.0 Å². The molecule has 0 aliphatic heterocycles. The Kier molecular flexibility index (Phi) is 6.84. The van der Waals surface area contributed by atoms with Crippen LogP contribution in [0.1, 0.15) is 13.8 Å². The molecule has 120 valence electrons. The molecule has 1 aromatic rings. The minimum Gasteiger partial charge on any atom is -0.449 e. The third-order valence-corrected chi connectivity index (χ3v) is 2.52. The van der Waals surface area contributed by atoms with E-state index in [0.717, 1.165) is 4.90 Å². The smallest absolute Gasteiger partial charge is 0.418 e. The van der Waals surface area contributed by atoms with E-state index in [-0.39, 0.29) is 25.6 Å². The number of hydrogen-bond donors (Lipinski definition) is 3. The van der Waals surface area contributed by atoms with E-state index in [2.05, 4.69) is 10.6 Å². The molecule has 4 amide bonds. The molecule has 0 aliphatic carbocycles. The fourth-order valence-corrected chi connectivity index (χ4v) is 1.68. The molecular formula is C14H20N4O4. The highest BCUT2D eigenvalue weighted by atomic mass is 16.6. The van der Waals surface area contributed by atoms with Gasteiger partial charge in [0.2, 0.25) is 5.91 Å². The lowest BCUT2D eigenvalue weighted by Gasteiger charge is -2.20. The van der Waals surface area contributed by atoms with Crippen molar-refractivity contribution in [3.63, 3.8) is 0 Å². The highest BCUT2D eigenvalue weighted by molar-refractivity contribution is 5.99. The maximum atomic E-state index is 12.1. The predicted octanol–water partition coefficient (Wildman–Crippen LogP) is 1.59. The fraction of sp³-hybridized carbons (Fsp3) is 0.357. The number of benzene rings is 1. The molecule has 0 heterocycles. The SMILES string of the molecule is CCOC(=O)N(CCN)C(=O)Nc1cccc(NC(C)=O)c1. The summed E-state index contributed by atoms with van der Waals surface area (Å²) in [5.41, 5.74) is 6.36.